The highest BCUT2D eigenvalue weighted by Crippen LogP contribution is 2.38. The van der Waals surface area contributed by atoms with E-state index >= 15 is 0 Å². The van der Waals surface area contributed by atoms with E-state index in [-0.39, 0.29) is 17.4 Å². The normalized spacial score (nSPS) is 23.2. The Morgan fingerprint density at radius 1 is 1.40 bits per heavy atom. The van der Waals surface area contributed by atoms with E-state index in [0.29, 0.717) is 13.0 Å². The van der Waals surface area contributed by atoms with E-state index in [1.807, 2.05) is 0 Å². The molecule has 1 aromatic rings. The van der Waals surface area contributed by atoms with Crippen LogP contribution in [0.15, 0.2) is 6.07 Å². The second kappa shape index (κ2) is 4.71. The number of alkyl halides is 3. The van der Waals surface area contributed by atoms with Gasteiger partial charge in [0.25, 0.3) is 0 Å². The number of aromatic nitrogens is 2. The van der Waals surface area contributed by atoms with Crippen molar-refractivity contribution < 1.29 is 18.0 Å². The molecule has 0 radical (unpaired) electrons. The van der Waals surface area contributed by atoms with Crippen molar-refractivity contribution in [1.82, 2.24) is 14.9 Å². The average Bonchev–Trinajstić information content (AvgIpc) is 2.71. The van der Waals surface area contributed by atoms with Crippen LogP contribution >= 0.6 is 0 Å². The van der Waals surface area contributed by atoms with Gasteiger partial charge in [0.1, 0.15) is 5.69 Å². The number of hydrogen-bond donors (Lipinski definition) is 0. The van der Waals surface area contributed by atoms with Gasteiger partial charge in [-0.1, -0.05) is 0 Å². The second-order valence-corrected chi connectivity index (χ2v) is 5.26. The van der Waals surface area contributed by atoms with Crippen molar-refractivity contribution in [3.05, 3.63) is 23.3 Å². The second-order valence-electron chi connectivity index (χ2n) is 5.26. The quantitative estimate of drug-likeness (QED) is 0.797. The Hall–Kier alpha value is -1.66. The molecule has 20 heavy (non-hydrogen) atoms. The van der Waals surface area contributed by atoms with Crippen molar-refractivity contribution in [1.29, 1.82) is 0 Å². The smallest absolute Gasteiger partial charge is 0.330 e. The zero-order valence-electron chi connectivity index (χ0n) is 11.6. The van der Waals surface area contributed by atoms with Crippen LogP contribution in [-0.2, 0) is 16.5 Å². The lowest BCUT2D eigenvalue weighted by Crippen LogP contribution is -2.43. The first-order valence-electron chi connectivity index (χ1n) is 6.36. The summed E-state index contributed by atoms with van der Waals surface area (Å²) in [5, 5.41) is 0. The monoisotopic (exact) mass is 287 g/mol. The van der Waals surface area contributed by atoms with Crippen molar-refractivity contribution >= 4 is 5.91 Å². The molecule has 2 heterocycles. The highest BCUT2D eigenvalue weighted by molar-refractivity contribution is 5.74. The molecule has 1 aliphatic rings. The average molecular weight is 287 g/mol. The van der Waals surface area contributed by atoms with Crippen LogP contribution in [0.4, 0.5) is 13.2 Å². The summed E-state index contributed by atoms with van der Waals surface area (Å²) in [7, 11) is 0. The van der Waals surface area contributed by atoms with Crippen LogP contribution in [0.3, 0.4) is 0 Å². The molecule has 1 unspecified atom stereocenters. The maximum Gasteiger partial charge on any atom is 0.433 e. The fraction of sp³-hybridized carbons (Fsp3) is 0.615. The molecule has 0 spiro atoms. The summed E-state index contributed by atoms with van der Waals surface area (Å²) in [5.74, 6) is -0.110. The first-order valence-corrected chi connectivity index (χ1v) is 6.36. The number of carbonyl (C=O) groups is 1. The molecule has 0 saturated carbocycles. The van der Waals surface area contributed by atoms with E-state index in [4.69, 9.17) is 0 Å². The Morgan fingerprint density at radius 3 is 2.60 bits per heavy atom. The van der Waals surface area contributed by atoms with Crippen LogP contribution in [0.2, 0.25) is 0 Å². The molecule has 0 bridgehead atoms. The number of rotatable bonds is 1. The molecule has 1 amide bonds. The van der Waals surface area contributed by atoms with Crippen molar-refractivity contribution in [2.75, 3.05) is 6.54 Å². The van der Waals surface area contributed by atoms with E-state index in [0.717, 1.165) is 12.5 Å². The Bertz CT molecular complexity index is 544. The number of aryl methyl sites for hydroxylation is 1. The Balaban J connectivity index is 2.52. The number of halogens is 3. The van der Waals surface area contributed by atoms with Gasteiger partial charge in [0.15, 0.2) is 5.82 Å². The Kier molecular flexibility index (Phi) is 3.47. The van der Waals surface area contributed by atoms with Crippen LogP contribution in [0, 0.1) is 6.92 Å². The first kappa shape index (κ1) is 14.7. The van der Waals surface area contributed by atoms with Gasteiger partial charge in [-0.15, -0.1) is 0 Å². The predicted molar refractivity (Wildman–Crippen MR) is 65.7 cm³/mol. The molecular formula is C13H16F3N3O. The van der Waals surface area contributed by atoms with Gasteiger partial charge in [0, 0.05) is 19.2 Å². The predicted octanol–water partition coefficient (Wildman–Crippen LogP) is 2.66. The topological polar surface area (TPSA) is 46.1 Å². The molecule has 0 aliphatic carbocycles. The van der Waals surface area contributed by atoms with E-state index < -0.39 is 17.4 Å². The molecule has 0 aromatic carbocycles. The highest BCUT2D eigenvalue weighted by Gasteiger charge is 2.44. The van der Waals surface area contributed by atoms with Gasteiger partial charge in [-0.05, 0) is 32.8 Å². The van der Waals surface area contributed by atoms with E-state index in [2.05, 4.69) is 9.97 Å². The third-order valence-corrected chi connectivity index (χ3v) is 3.65. The largest absolute Gasteiger partial charge is 0.433 e. The van der Waals surface area contributed by atoms with Gasteiger partial charge in [-0.3, -0.25) is 4.79 Å². The van der Waals surface area contributed by atoms with Gasteiger partial charge >= 0.3 is 6.18 Å². The molecule has 1 fully saturated rings. The summed E-state index contributed by atoms with van der Waals surface area (Å²) in [6.45, 7) is 5.14. The van der Waals surface area contributed by atoms with Crippen molar-refractivity contribution in [2.45, 2.75) is 45.3 Å². The minimum absolute atomic E-state index is 0.0672. The van der Waals surface area contributed by atoms with Crippen molar-refractivity contribution in [2.24, 2.45) is 0 Å². The van der Waals surface area contributed by atoms with Crippen LogP contribution in [0.5, 0.6) is 0 Å². The fourth-order valence-electron chi connectivity index (χ4n) is 2.66. The minimum atomic E-state index is -4.52. The number of hydrogen-bond acceptors (Lipinski definition) is 3. The van der Waals surface area contributed by atoms with E-state index in [1.165, 1.54) is 13.8 Å². The lowest BCUT2D eigenvalue weighted by molar-refractivity contribution is -0.141. The highest BCUT2D eigenvalue weighted by atomic mass is 19.4. The summed E-state index contributed by atoms with van der Waals surface area (Å²) >= 11 is 0. The standard InChI is InChI=1S/C13H16F3N3O/c1-8-7-10(13(14,15)16)18-11(17-8)12(3)5-4-6-19(12)9(2)20/h7H,4-6H2,1-3H3. The summed E-state index contributed by atoms with van der Waals surface area (Å²) in [6.07, 6.45) is -3.22. The van der Waals surface area contributed by atoms with E-state index in [9.17, 15) is 18.0 Å². The van der Waals surface area contributed by atoms with Crippen LogP contribution in [-0.4, -0.2) is 27.3 Å². The molecule has 0 N–H and O–H groups in total. The molecule has 1 aromatic heterocycles. The van der Waals surface area contributed by atoms with Gasteiger partial charge in [-0.25, -0.2) is 9.97 Å². The fourth-order valence-corrected chi connectivity index (χ4v) is 2.66. The molecule has 1 atom stereocenters. The molecule has 110 valence electrons. The SMILES string of the molecule is CC(=O)N1CCCC1(C)c1nc(C)cc(C(F)(F)F)n1. The maximum absolute atomic E-state index is 12.8. The van der Waals surface area contributed by atoms with Gasteiger partial charge in [-0.2, -0.15) is 13.2 Å². The lowest BCUT2D eigenvalue weighted by Gasteiger charge is -2.33. The summed E-state index contributed by atoms with van der Waals surface area (Å²) in [5.41, 5.74) is -1.58. The number of nitrogens with zero attached hydrogens (tertiary/aromatic N) is 3. The van der Waals surface area contributed by atoms with Crippen LogP contribution in [0.1, 0.15) is 43.9 Å². The first-order chi connectivity index (χ1) is 9.14. The maximum atomic E-state index is 12.8. The molecule has 1 saturated heterocycles. The zero-order valence-corrected chi connectivity index (χ0v) is 11.6. The third kappa shape index (κ3) is 2.48. The van der Waals surface area contributed by atoms with Crippen LogP contribution in [0.25, 0.3) is 0 Å². The summed E-state index contributed by atoms with van der Waals surface area (Å²) < 4.78 is 38.5. The summed E-state index contributed by atoms with van der Waals surface area (Å²) in [4.78, 5) is 21.0. The molecule has 7 heteroatoms. The number of amides is 1. The number of carbonyl (C=O) groups excluding carboxylic acids is 1. The zero-order chi connectivity index (χ0) is 15.1. The van der Waals surface area contributed by atoms with E-state index in [1.54, 1.807) is 11.8 Å². The van der Waals surface area contributed by atoms with Crippen LogP contribution < -0.4 is 0 Å². The van der Waals surface area contributed by atoms with Crippen molar-refractivity contribution in [3.63, 3.8) is 0 Å². The minimum Gasteiger partial charge on any atom is -0.330 e. The molecule has 2 rings (SSSR count). The lowest BCUT2D eigenvalue weighted by atomic mass is 9.97. The van der Waals surface area contributed by atoms with Gasteiger partial charge in [0.2, 0.25) is 5.91 Å². The summed E-state index contributed by atoms with van der Waals surface area (Å²) in [6, 6.07) is 0.917. The number of likely N-dealkylation sites (tertiary alicyclic amines) is 1. The van der Waals surface area contributed by atoms with Gasteiger partial charge < -0.3 is 4.90 Å². The Labute approximate surface area is 115 Å². The molecule has 4 nitrogen and oxygen atoms in total. The third-order valence-electron chi connectivity index (χ3n) is 3.65. The molecular weight excluding hydrogens is 271 g/mol. The van der Waals surface area contributed by atoms with Gasteiger partial charge in [0.05, 0.1) is 5.54 Å². The molecule has 1 aliphatic heterocycles. The van der Waals surface area contributed by atoms with Crippen molar-refractivity contribution in [3.8, 4) is 0 Å². The Morgan fingerprint density at radius 2 is 2.05 bits per heavy atom.